The van der Waals surface area contributed by atoms with Gasteiger partial charge in [0, 0.05) is 56.2 Å². The zero-order chi connectivity index (χ0) is 31.2. The molecular formula is C33H43N5O5. The van der Waals surface area contributed by atoms with Crippen molar-refractivity contribution < 1.29 is 19.0 Å². The van der Waals surface area contributed by atoms with Gasteiger partial charge in [0.25, 0.3) is 5.56 Å². The summed E-state index contributed by atoms with van der Waals surface area (Å²) in [4.78, 5) is 29.6. The van der Waals surface area contributed by atoms with Crippen molar-refractivity contribution in [2.24, 2.45) is 7.05 Å². The van der Waals surface area contributed by atoms with E-state index in [0.717, 1.165) is 48.2 Å². The molecule has 4 heterocycles. The molecule has 0 saturated carbocycles. The number of ether oxygens (including phenoxy) is 3. The van der Waals surface area contributed by atoms with E-state index < -0.39 is 5.60 Å². The maximum absolute atomic E-state index is 13.3. The van der Waals surface area contributed by atoms with Crippen LogP contribution in [0.3, 0.4) is 0 Å². The van der Waals surface area contributed by atoms with Crippen LogP contribution in [0.5, 0.6) is 5.75 Å². The second-order valence-electron chi connectivity index (χ2n) is 13.4. The quantitative estimate of drug-likeness (QED) is 0.327. The highest BCUT2D eigenvalue weighted by Crippen LogP contribution is 2.52. The van der Waals surface area contributed by atoms with Crippen molar-refractivity contribution in [1.82, 2.24) is 19.7 Å². The van der Waals surface area contributed by atoms with Crippen LogP contribution in [0.15, 0.2) is 53.5 Å². The van der Waals surface area contributed by atoms with Gasteiger partial charge in [0.1, 0.15) is 11.4 Å². The molecule has 43 heavy (non-hydrogen) atoms. The summed E-state index contributed by atoms with van der Waals surface area (Å²) in [6.07, 6.45) is 5.04. The van der Waals surface area contributed by atoms with E-state index in [-0.39, 0.29) is 35.6 Å². The van der Waals surface area contributed by atoms with Crippen LogP contribution >= 0.6 is 0 Å². The molecule has 2 aliphatic heterocycles. The standard InChI is InChI=1S/C33H43N5O5/c1-31(2,3)43-30(40)38-32(4)14-15-33(38,5)20-24(19-32)37(7)28-12-11-26(34-35-28)25-10-9-22(17-27(25)42-21-41-8)23-13-16-36(6)29(39)18-23/h9-13,16-18,24H,14-15,19-21H2,1-8H3/t24?,32-,33+. The van der Waals surface area contributed by atoms with Gasteiger partial charge >= 0.3 is 6.09 Å². The van der Waals surface area contributed by atoms with Crippen LogP contribution in [0.25, 0.3) is 22.4 Å². The first kappa shape index (κ1) is 30.5. The summed E-state index contributed by atoms with van der Waals surface area (Å²) in [5.74, 6) is 1.35. The number of nitrogens with zero attached hydrogens (tertiary/aromatic N) is 5. The monoisotopic (exact) mass is 589 g/mol. The largest absolute Gasteiger partial charge is 0.467 e. The number of methoxy groups -OCH3 is 1. The van der Waals surface area contributed by atoms with Gasteiger partial charge in [-0.25, -0.2) is 4.79 Å². The van der Waals surface area contributed by atoms with Crippen LogP contribution in [0.2, 0.25) is 0 Å². The zero-order valence-corrected chi connectivity index (χ0v) is 26.5. The van der Waals surface area contributed by atoms with Crippen molar-refractivity contribution in [3.63, 3.8) is 0 Å². The predicted octanol–water partition coefficient (Wildman–Crippen LogP) is 5.64. The minimum absolute atomic E-state index is 0.0702. The molecule has 2 saturated heterocycles. The van der Waals surface area contributed by atoms with E-state index in [1.807, 2.05) is 62.1 Å². The lowest BCUT2D eigenvalue weighted by Crippen LogP contribution is -2.63. The average Bonchev–Trinajstić information content (AvgIpc) is 3.12. The van der Waals surface area contributed by atoms with E-state index >= 15 is 0 Å². The Morgan fingerprint density at radius 3 is 2.28 bits per heavy atom. The maximum atomic E-state index is 13.3. The number of aryl methyl sites for hydroxylation is 1. The lowest BCUT2D eigenvalue weighted by molar-refractivity contribution is -0.0357. The van der Waals surface area contributed by atoms with E-state index in [1.165, 1.54) is 4.57 Å². The van der Waals surface area contributed by atoms with Crippen molar-refractivity contribution in [2.45, 2.75) is 83.0 Å². The first-order valence-corrected chi connectivity index (χ1v) is 14.8. The van der Waals surface area contributed by atoms with Gasteiger partial charge in [-0.15, -0.1) is 10.2 Å². The third-order valence-corrected chi connectivity index (χ3v) is 8.80. The van der Waals surface area contributed by atoms with Crippen molar-refractivity contribution in [1.29, 1.82) is 0 Å². The number of anilines is 1. The van der Waals surface area contributed by atoms with Crippen LogP contribution in [0, 0.1) is 0 Å². The number of hydrogen-bond acceptors (Lipinski definition) is 8. The van der Waals surface area contributed by atoms with E-state index in [0.29, 0.717) is 11.4 Å². The Hall–Kier alpha value is -3.92. The summed E-state index contributed by atoms with van der Waals surface area (Å²) in [7, 11) is 5.34. The average molecular weight is 590 g/mol. The summed E-state index contributed by atoms with van der Waals surface area (Å²) in [5.41, 5.74) is 1.88. The van der Waals surface area contributed by atoms with E-state index in [1.54, 1.807) is 26.4 Å². The fraction of sp³-hybridized carbons (Fsp3) is 0.515. The molecule has 1 aromatic carbocycles. The van der Waals surface area contributed by atoms with Crippen LogP contribution < -0.4 is 15.2 Å². The summed E-state index contributed by atoms with van der Waals surface area (Å²) in [5, 5.41) is 9.19. The first-order valence-electron chi connectivity index (χ1n) is 14.8. The number of amides is 1. The molecule has 0 aliphatic carbocycles. The van der Waals surface area contributed by atoms with Crippen LogP contribution in [-0.2, 0) is 16.5 Å². The highest BCUT2D eigenvalue weighted by atomic mass is 16.7. The molecule has 1 unspecified atom stereocenters. The molecule has 2 aliphatic rings. The third kappa shape index (κ3) is 6.11. The number of carbonyl (C=O) groups is 1. The fourth-order valence-electron chi connectivity index (χ4n) is 6.64. The van der Waals surface area contributed by atoms with Gasteiger partial charge in [0.15, 0.2) is 12.6 Å². The Kier molecular flexibility index (Phi) is 8.02. The van der Waals surface area contributed by atoms with Crippen LogP contribution in [-0.4, -0.2) is 69.4 Å². The SMILES string of the molecule is COCOc1cc(-c2ccn(C)c(=O)c2)ccc1-c1ccc(N(C)C2C[C@]3(C)CC[C@](C)(C2)N3C(=O)OC(C)(C)C)nn1. The molecular weight excluding hydrogens is 546 g/mol. The molecule has 10 nitrogen and oxygen atoms in total. The van der Waals surface area contributed by atoms with Gasteiger partial charge in [-0.2, -0.15) is 0 Å². The molecule has 10 heteroatoms. The number of benzene rings is 1. The number of piperidine rings is 1. The Labute approximate surface area is 253 Å². The highest BCUT2D eigenvalue weighted by molar-refractivity contribution is 5.75. The van der Waals surface area contributed by atoms with E-state index in [2.05, 4.69) is 36.0 Å². The Balaban J connectivity index is 1.37. The zero-order valence-electron chi connectivity index (χ0n) is 26.5. The Morgan fingerprint density at radius 2 is 1.70 bits per heavy atom. The van der Waals surface area contributed by atoms with Crippen molar-refractivity contribution >= 4 is 11.9 Å². The molecule has 3 atom stereocenters. The first-order chi connectivity index (χ1) is 20.2. The Bertz CT molecular complexity index is 1530. The second-order valence-corrected chi connectivity index (χ2v) is 13.4. The predicted molar refractivity (Wildman–Crippen MR) is 166 cm³/mol. The number of hydrogen-bond donors (Lipinski definition) is 0. The topological polar surface area (TPSA) is 99.0 Å². The van der Waals surface area contributed by atoms with Gasteiger partial charge in [-0.05, 0) is 102 Å². The van der Waals surface area contributed by atoms with Crippen molar-refractivity contribution in [3.8, 4) is 28.1 Å². The molecule has 0 spiro atoms. The van der Waals surface area contributed by atoms with Gasteiger partial charge in [-0.1, -0.05) is 6.07 Å². The molecule has 0 N–H and O–H groups in total. The minimum atomic E-state index is -0.538. The van der Waals surface area contributed by atoms with E-state index in [9.17, 15) is 9.59 Å². The van der Waals surface area contributed by atoms with Crippen LogP contribution in [0.1, 0.15) is 60.3 Å². The number of aromatic nitrogens is 3. The second kappa shape index (κ2) is 11.3. The summed E-state index contributed by atoms with van der Waals surface area (Å²) in [6.45, 7) is 10.2. The van der Waals surface area contributed by atoms with Gasteiger partial charge in [-0.3, -0.25) is 9.69 Å². The number of rotatable bonds is 7. The molecule has 5 rings (SSSR count). The number of carbonyl (C=O) groups excluding carboxylic acids is 1. The molecule has 3 aromatic rings. The number of pyridine rings is 1. The fourth-order valence-corrected chi connectivity index (χ4v) is 6.64. The molecule has 1 amide bonds. The lowest BCUT2D eigenvalue weighted by Gasteiger charge is -2.52. The molecule has 2 aromatic heterocycles. The smallest absolute Gasteiger partial charge is 0.411 e. The minimum Gasteiger partial charge on any atom is -0.467 e. The molecule has 2 bridgehead atoms. The molecule has 230 valence electrons. The van der Waals surface area contributed by atoms with Crippen molar-refractivity contribution in [2.75, 3.05) is 25.9 Å². The van der Waals surface area contributed by atoms with Gasteiger partial charge < -0.3 is 23.7 Å². The van der Waals surface area contributed by atoms with Gasteiger partial charge in [0.05, 0.1) is 5.69 Å². The molecule has 0 radical (unpaired) electrons. The van der Waals surface area contributed by atoms with Crippen LogP contribution in [0.4, 0.5) is 10.6 Å². The van der Waals surface area contributed by atoms with Crippen molar-refractivity contribution in [3.05, 3.63) is 59.0 Å². The normalized spacial score (nSPS) is 23.3. The summed E-state index contributed by atoms with van der Waals surface area (Å²) >= 11 is 0. The molecule has 2 fully saturated rings. The third-order valence-electron chi connectivity index (χ3n) is 8.80. The summed E-state index contributed by atoms with van der Waals surface area (Å²) < 4.78 is 18.4. The van der Waals surface area contributed by atoms with E-state index in [4.69, 9.17) is 14.2 Å². The maximum Gasteiger partial charge on any atom is 0.411 e. The Morgan fingerprint density at radius 1 is 1.02 bits per heavy atom. The summed E-state index contributed by atoms with van der Waals surface area (Å²) in [6, 6.07) is 13.4. The number of fused-ring (bicyclic) bond motifs is 2. The lowest BCUT2D eigenvalue weighted by atomic mass is 9.82. The highest BCUT2D eigenvalue weighted by Gasteiger charge is 2.59. The van der Waals surface area contributed by atoms with Gasteiger partial charge in [0.2, 0.25) is 0 Å².